The fourth-order valence-electron chi connectivity index (χ4n) is 6.62. The van der Waals surface area contributed by atoms with Gasteiger partial charge in [0.1, 0.15) is 30.5 Å². The number of allylic oxidation sites excluding steroid dienone is 6. The molecule has 6 unspecified atom stereocenters. The minimum absolute atomic E-state index is 0.121. The van der Waals surface area contributed by atoms with Crippen LogP contribution < -0.4 is 0 Å². The van der Waals surface area contributed by atoms with Crippen LogP contribution in [0.2, 0.25) is 0 Å². The molecule has 0 bridgehead atoms. The van der Waals surface area contributed by atoms with Gasteiger partial charge in [0.15, 0.2) is 6.29 Å². The molecule has 4 N–H and O–H groups in total. The lowest BCUT2D eigenvalue weighted by Crippen LogP contribution is -2.59. The summed E-state index contributed by atoms with van der Waals surface area (Å²) < 4.78 is 22.8. The summed E-state index contributed by atoms with van der Waals surface area (Å²) in [6.07, 6.45) is 36.0. The van der Waals surface area contributed by atoms with Crippen molar-refractivity contribution in [2.24, 2.45) is 0 Å². The van der Waals surface area contributed by atoms with Crippen LogP contribution in [0, 0.1) is 0 Å². The maximum absolute atomic E-state index is 12.8. The Morgan fingerprint density at radius 3 is 1.70 bits per heavy atom. The van der Waals surface area contributed by atoms with Crippen molar-refractivity contribution in [3.8, 4) is 0 Å². The molecule has 6 atom stereocenters. The summed E-state index contributed by atoms with van der Waals surface area (Å²) in [6, 6.07) is 0. The van der Waals surface area contributed by atoms with Gasteiger partial charge in [0.25, 0.3) is 0 Å². The number of esters is 1. The lowest BCUT2D eigenvalue weighted by molar-refractivity contribution is -0.305. The Hall–Kier alpha value is -1.59. The predicted octanol–water partition coefficient (Wildman–Crippen LogP) is 9.58. The number of hydrogen-bond acceptors (Lipinski definition) is 9. The molecule has 9 nitrogen and oxygen atoms in total. The van der Waals surface area contributed by atoms with Crippen LogP contribution in [0.4, 0.5) is 0 Å². The third-order valence-corrected chi connectivity index (χ3v) is 10.1. The van der Waals surface area contributed by atoms with E-state index in [0.29, 0.717) is 13.0 Å². The summed E-state index contributed by atoms with van der Waals surface area (Å²) in [6.45, 7) is 4.41. The molecular weight excluding hydrogens is 684 g/mol. The molecule has 1 saturated heterocycles. The molecule has 0 radical (unpaired) electrons. The molecule has 0 spiro atoms. The van der Waals surface area contributed by atoms with E-state index >= 15 is 0 Å². The molecule has 1 rings (SSSR count). The van der Waals surface area contributed by atoms with Crippen molar-refractivity contribution in [1.82, 2.24) is 0 Å². The lowest BCUT2D eigenvalue weighted by Gasteiger charge is -2.39. The normalized spacial score (nSPS) is 21.2. The first-order chi connectivity index (χ1) is 26.4. The zero-order valence-electron chi connectivity index (χ0n) is 34.5. The van der Waals surface area contributed by atoms with Gasteiger partial charge in [0.2, 0.25) is 0 Å². The van der Waals surface area contributed by atoms with Crippen LogP contribution in [0.15, 0.2) is 36.5 Å². The molecule has 1 aliphatic rings. The largest absolute Gasteiger partial charge is 0.457 e. The Morgan fingerprint density at radius 2 is 1.13 bits per heavy atom. The van der Waals surface area contributed by atoms with Crippen LogP contribution in [-0.2, 0) is 23.7 Å². The minimum Gasteiger partial charge on any atom is -0.457 e. The third-order valence-electron chi connectivity index (χ3n) is 10.1. The lowest BCUT2D eigenvalue weighted by atomic mass is 9.99. The highest BCUT2D eigenvalue weighted by Crippen LogP contribution is 2.22. The second-order valence-corrected chi connectivity index (χ2v) is 15.1. The van der Waals surface area contributed by atoms with E-state index in [1.807, 2.05) is 0 Å². The smallest absolute Gasteiger partial charge is 0.306 e. The van der Waals surface area contributed by atoms with Crippen molar-refractivity contribution in [3.63, 3.8) is 0 Å². The Kier molecular flexibility index (Phi) is 34.6. The van der Waals surface area contributed by atoms with E-state index in [1.165, 1.54) is 89.9 Å². The first-order valence-corrected chi connectivity index (χ1v) is 22.1. The number of aliphatic hydroxyl groups excluding tert-OH is 4. The van der Waals surface area contributed by atoms with Crippen LogP contribution in [0.3, 0.4) is 0 Å². The molecular formula is C45H82O9. The fourth-order valence-corrected chi connectivity index (χ4v) is 6.62. The van der Waals surface area contributed by atoms with Gasteiger partial charge in [-0.2, -0.15) is 0 Å². The Morgan fingerprint density at radius 1 is 0.611 bits per heavy atom. The molecule has 0 aromatic heterocycles. The van der Waals surface area contributed by atoms with Gasteiger partial charge in [-0.05, 0) is 44.9 Å². The zero-order valence-corrected chi connectivity index (χ0v) is 34.5. The zero-order chi connectivity index (χ0) is 39.3. The highest BCUT2D eigenvalue weighted by Gasteiger charge is 2.44. The molecule has 1 heterocycles. The van der Waals surface area contributed by atoms with Gasteiger partial charge in [-0.3, -0.25) is 4.79 Å². The van der Waals surface area contributed by atoms with Crippen LogP contribution in [-0.4, -0.2) is 89.6 Å². The fraction of sp³-hybridized carbons (Fsp3) is 0.844. The molecule has 0 aromatic carbocycles. The number of hydrogen-bond donors (Lipinski definition) is 4. The van der Waals surface area contributed by atoms with Gasteiger partial charge in [-0.15, -0.1) is 0 Å². The number of unbranched alkanes of at least 4 members (excludes halogenated alkanes) is 20. The van der Waals surface area contributed by atoms with Gasteiger partial charge < -0.3 is 39.4 Å². The van der Waals surface area contributed by atoms with Crippen LogP contribution in [0.25, 0.3) is 0 Å². The molecule has 0 amide bonds. The number of carbonyl (C=O) groups excluding carboxylic acids is 1. The average molecular weight is 767 g/mol. The summed E-state index contributed by atoms with van der Waals surface area (Å²) in [5.74, 6) is -0.321. The second-order valence-electron chi connectivity index (χ2n) is 15.1. The first kappa shape index (κ1) is 50.4. The molecule has 0 aliphatic carbocycles. The maximum atomic E-state index is 12.8. The van der Waals surface area contributed by atoms with Gasteiger partial charge in [-0.1, -0.05) is 166 Å². The van der Waals surface area contributed by atoms with Gasteiger partial charge in [0.05, 0.1) is 19.8 Å². The number of carbonyl (C=O) groups is 1. The van der Waals surface area contributed by atoms with E-state index in [4.69, 9.17) is 18.9 Å². The Balaban J connectivity index is 2.28. The van der Waals surface area contributed by atoms with Gasteiger partial charge in [-0.25, -0.2) is 0 Å². The monoisotopic (exact) mass is 767 g/mol. The molecule has 1 fully saturated rings. The second kappa shape index (κ2) is 37.0. The summed E-state index contributed by atoms with van der Waals surface area (Å²) >= 11 is 0. The van der Waals surface area contributed by atoms with Gasteiger partial charge in [0, 0.05) is 13.0 Å². The van der Waals surface area contributed by atoms with Crippen LogP contribution in [0.5, 0.6) is 0 Å². The van der Waals surface area contributed by atoms with Crippen molar-refractivity contribution in [1.29, 1.82) is 0 Å². The molecule has 54 heavy (non-hydrogen) atoms. The molecule has 316 valence electrons. The number of ether oxygens (including phenoxy) is 4. The highest BCUT2D eigenvalue weighted by molar-refractivity contribution is 5.69. The summed E-state index contributed by atoms with van der Waals surface area (Å²) in [4.78, 5) is 12.8. The standard InChI is InChI=1S/C45H82O9/c1-3-5-7-9-11-13-15-17-19-20-21-22-24-26-28-30-32-34-41(47)53-39(38-52-45-44(50)43(49)42(48)40(36-46)54-45)37-51-35-33-31-29-27-25-23-18-16-14-12-10-8-6-4-2/h6,8,12,14,18,23,39-40,42-46,48-50H,3-5,7,9-11,13,15-17,19-22,24-38H2,1-2H3/b8-6-,14-12-,23-18-. The van der Waals surface area contributed by atoms with E-state index in [9.17, 15) is 25.2 Å². The van der Waals surface area contributed by atoms with Crippen molar-refractivity contribution in [3.05, 3.63) is 36.5 Å². The Labute approximate surface area is 330 Å². The molecule has 0 saturated carbocycles. The minimum atomic E-state index is -1.54. The third kappa shape index (κ3) is 27.9. The summed E-state index contributed by atoms with van der Waals surface area (Å²) in [5.41, 5.74) is 0. The molecule has 0 aromatic rings. The van der Waals surface area contributed by atoms with Gasteiger partial charge >= 0.3 is 5.97 Å². The highest BCUT2D eigenvalue weighted by atomic mass is 16.7. The molecule has 9 heteroatoms. The quantitative estimate of drug-likeness (QED) is 0.0277. The topological polar surface area (TPSA) is 135 Å². The number of aliphatic hydroxyl groups is 4. The van der Waals surface area contributed by atoms with Crippen molar-refractivity contribution in [2.75, 3.05) is 26.4 Å². The maximum Gasteiger partial charge on any atom is 0.306 e. The van der Waals surface area contributed by atoms with Crippen molar-refractivity contribution >= 4 is 5.97 Å². The van der Waals surface area contributed by atoms with Crippen molar-refractivity contribution in [2.45, 2.75) is 218 Å². The average Bonchev–Trinajstić information content (AvgIpc) is 3.17. The van der Waals surface area contributed by atoms with Crippen LogP contribution >= 0.6 is 0 Å². The molecule has 1 aliphatic heterocycles. The predicted molar refractivity (Wildman–Crippen MR) is 219 cm³/mol. The van der Waals surface area contributed by atoms with Crippen LogP contribution in [0.1, 0.15) is 181 Å². The number of rotatable bonds is 37. The summed E-state index contributed by atoms with van der Waals surface area (Å²) in [7, 11) is 0. The SMILES string of the molecule is CC/C=C\C/C=C\C/C=C\CCCCCCOCC(COC1OC(CO)C(O)C(O)C1O)OC(=O)CCCCCCCCCCCCCCCCCCC. The van der Waals surface area contributed by atoms with E-state index in [2.05, 4.69) is 50.3 Å². The Bertz CT molecular complexity index is 921. The van der Waals surface area contributed by atoms with E-state index in [0.717, 1.165) is 70.6 Å². The van der Waals surface area contributed by atoms with E-state index in [-0.39, 0.29) is 19.2 Å². The first-order valence-electron chi connectivity index (χ1n) is 22.1. The van der Waals surface area contributed by atoms with Crippen molar-refractivity contribution < 1.29 is 44.2 Å². The van der Waals surface area contributed by atoms with E-state index in [1.54, 1.807) is 0 Å². The van der Waals surface area contributed by atoms with E-state index < -0.39 is 43.4 Å². The summed E-state index contributed by atoms with van der Waals surface area (Å²) in [5, 5.41) is 40.1.